The van der Waals surface area contributed by atoms with Crippen molar-refractivity contribution in [1.82, 2.24) is 0 Å². The van der Waals surface area contributed by atoms with E-state index >= 15 is 0 Å². The Balaban J connectivity index is 2.48. The largest absolute Gasteiger partial charge is 0.462 e. The summed E-state index contributed by atoms with van der Waals surface area (Å²) in [5, 5.41) is 3.13. The van der Waals surface area contributed by atoms with Crippen molar-refractivity contribution in [3.05, 3.63) is 23.8 Å². The first kappa shape index (κ1) is 16.3. The number of benzene rings is 1. The maximum Gasteiger partial charge on any atom is 0.338 e. The Hall–Kier alpha value is -1.79. The van der Waals surface area contributed by atoms with Gasteiger partial charge < -0.3 is 25.3 Å². The van der Waals surface area contributed by atoms with Crippen molar-refractivity contribution in [2.75, 3.05) is 51.1 Å². The molecule has 0 aliphatic rings. The number of carbonyl (C=O) groups is 1. The van der Waals surface area contributed by atoms with Crippen LogP contribution in [0.1, 0.15) is 17.3 Å². The first-order valence-corrected chi connectivity index (χ1v) is 6.56. The number of esters is 1. The Morgan fingerprint density at radius 2 is 2.10 bits per heavy atom. The first-order valence-electron chi connectivity index (χ1n) is 6.56. The third kappa shape index (κ3) is 5.46. The first-order chi connectivity index (χ1) is 9.69. The summed E-state index contributed by atoms with van der Waals surface area (Å²) in [6, 6.07) is 5.01. The zero-order valence-electron chi connectivity index (χ0n) is 12.0. The highest BCUT2D eigenvalue weighted by atomic mass is 16.5. The predicted molar refractivity (Wildman–Crippen MR) is 78.0 cm³/mol. The van der Waals surface area contributed by atoms with E-state index in [4.69, 9.17) is 19.9 Å². The van der Waals surface area contributed by atoms with E-state index in [1.807, 2.05) is 0 Å². The lowest BCUT2D eigenvalue weighted by molar-refractivity contribution is 0.0526. The molecule has 0 amide bonds. The number of methoxy groups -OCH3 is 1. The lowest BCUT2D eigenvalue weighted by Crippen LogP contribution is -2.13. The quantitative estimate of drug-likeness (QED) is 0.406. The van der Waals surface area contributed by atoms with E-state index < -0.39 is 0 Å². The summed E-state index contributed by atoms with van der Waals surface area (Å²) in [6.45, 7) is 4.37. The van der Waals surface area contributed by atoms with Crippen LogP contribution in [0.25, 0.3) is 0 Å². The van der Waals surface area contributed by atoms with Crippen LogP contribution >= 0.6 is 0 Å². The second kappa shape index (κ2) is 9.17. The fourth-order valence-corrected chi connectivity index (χ4v) is 1.55. The number of ether oxygens (including phenoxy) is 3. The van der Waals surface area contributed by atoms with Crippen LogP contribution in [-0.2, 0) is 14.2 Å². The Kier molecular flexibility index (Phi) is 7.46. The van der Waals surface area contributed by atoms with Crippen molar-refractivity contribution in [2.45, 2.75) is 6.92 Å². The molecule has 0 radical (unpaired) electrons. The van der Waals surface area contributed by atoms with Crippen molar-refractivity contribution in [1.29, 1.82) is 0 Å². The van der Waals surface area contributed by atoms with Gasteiger partial charge in [0.2, 0.25) is 0 Å². The van der Waals surface area contributed by atoms with Gasteiger partial charge in [-0.1, -0.05) is 0 Å². The van der Waals surface area contributed by atoms with Crippen molar-refractivity contribution >= 4 is 17.3 Å². The third-order valence-electron chi connectivity index (χ3n) is 2.56. The highest BCUT2D eigenvalue weighted by Gasteiger charge is 2.08. The molecular formula is C14H22N2O4. The van der Waals surface area contributed by atoms with Gasteiger partial charge in [0.25, 0.3) is 0 Å². The van der Waals surface area contributed by atoms with E-state index in [9.17, 15) is 4.79 Å². The van der Waals surface area contributed by atoms with Gasteiger partial charge in [-0.05, 0) is 25.1 Å². The standard InChI is InChI=1S/C14H22N2O4/c1-3-20-14(17)11-4-5-12(15)13(10-11)16-6-7-19-9-8-18-2/h4-5,10,16H,3,6-9,15H2,1-2H3. The summed E-state index contributed by atoms with van der Waals surface area (Å²) in [5.41, 5.74) is 7.60. The molecule has 0 aliphatic heterocycles. The molecule has 1 aromatic rings. The van der Waals surface area contributed by atoms with Crippen LogP contribution in [-0.4, -0.2) is 46.1 Å². The Labute approximate surface area is 119 Å². The van der Waals surface area contributed by atoms with Crippen LogP contribution in [0.2, 0.25) is 0 Å². The van der Waals surface area contributed by atoms with Crippen LogP contribution < -0.4 is 11.1 Å². The summed E-state index contributed by atoms with van der Waals surface area (Å²) < 4.78 is 15.2. The molecule has 0 heterocycles. The maximum atomic E-state index is 11.6. The molecular weight excluding hydrogens is 260 g/mol. The van der Waals surface area contributed by atoms with Gasteiger partial charge >= 0.3 is 5.97 Å². The van der Waals surface area contributed by atoms with Gasteiger partial charge in [-0.15, -0.1) is 0 Å². The minimum Gasteiger partial charge on any atom is -0.462 e. The van der Waals surface area contributed by atoms with Gasteiger partial charge in [0.15, 0.2) is 0 Å². The van der Waals surface area contributed by atoms with Crippen molar-refractivity contribution in [3.8, 4) is 0 Å². The number of hydrogen-bond donors (Lipinski definition) is 2. The molecule has 1 aromatic carbocycles. The molecule has 0 bridgehead atoms. The van der Waals surface area contributed by atoms with Crippen molar-refractivity contribution in [3.63, 3.8) is 0 Å². The SMILES string of the molecule is CCOC(=O)c1ccc(N)c(NCCOCCOC)c1. The average Bonchev–Trinajstić information content (AvgIpc) is 2.44. The topological polar surface area (TPSA) is 82.8 Å². The van der Waals surface area contributed by atoms with E-state index in [1.165, 1.54) is 0 Å². The lowest BCUT2D eigenvalue weighted by atomic mass is 10.1. The molecule has 0 aliphatic carbocycles. The van der Waals surface area contributed by atoms with Crippen LogP contribution in [0.15, 0.2) is 18.2 Å². The number of hydrogen-bond acceptors (Lipinski definition) is 6. The molecule has 0 spiro atoms. The monoisotopic (exact) mass is 282 g/mol. The summed E-state index contributed by atoms with van der Waals surface area (Å²) in [7, 11) is 1.63. The van der Waals surface area contributed by atoms with Gasteiger partial charge in [-0.2, -0.15) is 0 Å². The summed E-state index contributed by atoms with van der Waals surface area (Å²) in [4.78, 5) is 11.6. The van der Waals surface area contributed by atoms with E-state index in [2.05, 4.69) is 5.32 Å². The van der Waals surface area contributed by atoms with Crippen LogP contribution in [0.5, 0.6) is 0 Å². The average molecular weight is 282 g/mol. The minimum absolute atomic E-state index is 0.347. The number of nitrogen functional groups attached to an aromatic ring is 1. The Bertz CT molecular complexity index is 424. The smallest absolute Gasteiger partial charge is 0.338 e. The fourth-order valence-electron chi connectivity index (χ4n) is 1.55. The number of anilines is 2. The van der Waals surface area contributed by atoms with E-state index in [-0.39, 0.29) is 5.97 Å². The van der Waals surface area contributed by atoms with Gasteiger partial charge in [0.1, 0.15) is 0 Å². The highest BCUT2D eigenvalue weighted by Crippen LogP contribution is 2.20. The van der Waals surface area contributed by atoms with E-state index in [1.54, 1.807) is 32.2 Å². The van der Waals surface area contributed by atoms with Gasteiger partial charge in [-0.3, -0.25) is 0 Å². The molecule has 6 nitrogen and oxygen atoms in total. The molecule has 0 fully saturated rings. The highest BCUT2D eigenvalue weighted by molar-refractivity contribution is 5.92. The van der Waals surface area contributed by atoms with Crippen LogP contribution in [0, 0.1) is 0 Å². The lowest BCUT2D eigenvalue weighted by Gasteiger charge is -2.11. The second-order valence-electron chi connectivity index (χ2n) is 4.05. The fraction of sp³-hybridized carbons (Fsp3) is 0.500. The van der Waals surface area contributed by atoms with Gasteiger partial charge in [0, 0.05) is 13.7 Å². The van der Waals surface area contributed by atoms with Crippen LogP contribution in [0.3, 0.4) is 0 Å². The van der Waals surface area contributed by atoms with Crippen molar-refractivity contribution < 1.29 is 19.0 Å². The minimum atomic E-state index is -0.355. The van der Waals surface area contributed by atoms with Gasteiger partial charge in [-0.25, -0.2) is 4.79 Å². The molecule has 0 aromatic heterocycles. The number of carbonyl (C=O) groups excluding carboxylic acids is 1. The molecule has 0 saturated heterocycles. The number of nitrogens with one attached hydrogen (secondary N) is 1. The summed E-state index contributed by atoms with van der Waals surface area (Å²) in [5.74, 6) is -0.355. The van der Waals surface area contributed by atoms with Gasteiger partial charge in [0.05, 0.1) is 43.4 Å². The second-order valence-corrected chi connectivity index (χ2v) is 4.05. The molecule has 0 atom stereocenters. The third-order valence-corrected chi connectivity index (χ3v) is 2.56. The zero-order valence-corrected chi connectivity index (χ0v) is 12.0. The molecule has 6 heteroatoms. The zero-order chi connectivity index (χ0) is 14.8. The summed E-state index contributed by atoms with van der Waals surface area (Å²) >= 11 is 0. The molecule has 20 heavy (non-hydrogen) atoms. The number of rotatable bonds is 9. The summed E-state index contributed by atoms with van der Waals surface area (Å²) in [6.07, 6.45) is 0. The molecule has 112 valence electrons. The normalized spacial score (nSPS) is 10.3. The molecule has 1 rings (SSSR count). The Morgan fingerprint density at radius 1 is 1.30 bits per heavy atom. The van der Waals surface area contributed by atoms with Crippen LogP contribution in [0.4, 0.5) is 11.4 Å². The predicted octanol–water partition coefficient (Wildman–Crippen LogP) is 1.52. The Morgan fingerprint density at radius 3 is 2.80 bits per heavy atom. The number of nitrogens with two attached hydrogens (primary N) is 1. The van der Waals surface area contributed by atoms with E-state index in [0.717, 1.165) is 0 Å². The van der Waals surface area contributed by atoms with Crippen molar-refractivity contribution in [2.24, 2.45) is 0 Å². The molecule has 0 unspecified atom stereocenters. The maximum absolute atomic E-state index is 11.6. The molecule has 3 N–H and O–H groups in total. The molecule has 0 saturated carbocycles. The van der Waals surface area contributed by atoms with E-state index in [0.29, 0.717) is 49.9 Å².